The van der Waals surface area contributed by atoms with Crippen molar-refractivity contribution in [2.24, 2.45) is 5.10 Å². The van der Waals surface area contributed by atoms with Crippen molar-refractivity contribution in [3.05, 3.63) is 82.7 Å². The second kappa shape index (κ2) is 8.18. The third-order valence-electron chi connectivity index (χ3n) is 4.34. The number of aryl methyl sites for hydroxylation is 3. The van der Waals surface area contributed by atoms with Gasteiger partial charge in [0.1, 0.15) is 0 Å². The lowest BCUT2D eigenvalue weighted by Crippen LogP contribution is -2.23. The SMILES string of the molecule is Cc1cc(C)cc(-n2c(C)cc(/C=N\NC(=S)Nc3ccccc3)c2C)c1. The van der Waals surface area contributed by atoms with Crippen molar-refractivity contribution in [2.75, 3.05) is 5.32 Å². The Bertz CT molecular complexity index is 967. The van der Waals surface area contributed by atoms with Gasteiger partial charge in [-0.15, -0.1) is 0 Å². The van der Waals surface area contributed by atoms with Gasteiger partial charge in [-0.2, -0.15) is 5.10 Å². The standard InChI is InChI=1S/C22H24N4S/c1-15-10-16(2)12-21(11-15)26-17(3)13-19(18(26)4)14-23-25-22(27)24-20-8-6-5-7-9-20/h5-14H,1-4H3,(H2,24,25,27)/b23-14-. The Hall–Kier alpha value is -2.92. The van der Waals surface area contributed by atoms with Crippen LogP contribution in [0.1, 0.15) is 28.1 Å². The molecule has 0 bridgehead atoms. The summed E-state index contributed by atoms with van der Waals surface area (Å²) in [6.07, 6.45) is 1.81. The van der Waals surface area contributed by atoms with Crippen molar-refractivity contribution < 1.29 is 0 Å². The highest BCUT2D eigenvalue weighted by molar-refractivity contribution is 7.80. The second-order valence-electron chi connectivity index (χ2n) is 6.70. The summed E-state index contributed by atoms with van der Waals surface area (Å²) >= 11 is 5.28. The molecule has 1 aromatic heterocycles. The minimum atomic E-state index is 0.459. The van der Waals surface area contributed by atoms with Crippen LogP contribution in [0, 0.1) is 27.7 Å². The fraction of sp³-hybridized carbons (Fsp3) is 0.182. The zero-order valence-electron chi connectivity index (χ0n) is 16.1. The van der Waals surface area contributed by atoms with Crippen molar-refractivity contribution in [1.29, 1.82) is 0 Å². The van der Waals surface area contributed by atoms with Crippen LogP contribution in [0.5, 0.6) is 0 Å². The third kappa shape index (κ3) is 4.63. The topological polar surface area (TPSA) is 41.4 Å². The van der Waals surface area contributed by atoms with Gasteiger partial charge >= 0.3 is 0 Å². The molecule has 0 unspecified atom stereocenters. The largest absolute Gasteiger partial charge is 0.331 e. The number of hydrogen-bond acceptors (Lipinski definition) is 2. The Labute approximate surface area is 165 Å². The number of rotatable bonds is 4. The summed E-state index contributed by atoms with van der Waals surface area (Å²) in [7, 11) is 0. The average Bonchev–Trinajstić information content (AvgIpc) is 2.88. The fourth-order valence-corrected chi connectivity index (χ4v) is 3.41. The first-order valence-electron chi connectivity index (χ1n) is 8.87. The van der Waals surface area contributed by atoms with Crippen molar-refractivity contribution in [3.8, 4) is 5.69 Å². The quantitative estimate of drug-likeness (QED) is 0.381. The molecule has 5 heteroatoms. The number of benzene rings is 2. The number of thiocarbonyl (C=S) groups is 1. The van der Waals surface area contributed by atoms with Gasteiger partial charge in [-0.05, 0) is 81.4 Å². The summed E-state index contributed by atoms with van der Waals surface area (Å²) in [5.41, 5.74) is 10.9. The fourth-order valence-electron chi connectivity index (χ4n) is 3.24. The van der Waals surface area contributed by atoms with Gasteiger partial charge in [0.15, 0.2) is 5.11 Å². The van der Waals surface area contributed by atoms with Gasteiger partial charge in [-0.3, -0.25) is 5.43 Å². The van der Waals surface area contributed by atoms with Crippen molar-refractivity contribution in [1.82, 2.24) is 9.99 Å². The van der Waals surface area contributed by atoms with E-state index in [2.05, 4.69) is 72.4 Å². The molecule has 0 saturated carbocycles. The van der Waals surface area contributed by atoms with Crippen LogP contribution in [-0.2, 0) is 0 Å². The Kier molecular flexibility index (Phi) is 5.72. The van der Waals surface area contributed by atoms with Crippen LogP contribution in [0.3, 0.4) is 0 Å². The van der Waals surface area contributed by atoms with E-state index in [-0.39, 0.29) is 0 Å². The molecule has 0 amide bonds. The van der Waals surface area contributed by atoms with E-state index in [1.807, 2.05) is 30.3 Å². The molecule has 3 aromatic rings. The molecule has 0 atom stereocenters. The Balaban J connectivity index is 1.74. The maximum atomic E-state index is 5.28. The molecule has 0 fully saturated rings. The monoisotopic (exact) mass is 376 g/mol. The minimum absolute atomic E-state index is 0.459. The van der Waals surface area contributed by atoms with E-state index in [0.717, 1.165) is 16.9 Å². The molecule has 0 aliphatic carbocycles. The minimum Gasteiger partial charge on any atom is -0.331 e. The maximum absolute atomic E-state index is 5.28. The maximum Gasteiger partial charge on any atom is 0.191 e. The van der Waals surface area contributed by atoms with E-state index in [9.17, 15) is 0 Å². The molecule has 0 aliphatic heterocycles. The number of nitrogens with zero attached hydrogens (tertiary/aromatic N) is 2. The molecule has 138 valence electrons. The number of nitrogens with one attached hydrogen (secondary N) is 2. The molecule has 0 spiro atoms. The summed E-state index contributed by atoms with van der Waals surface area (Å²) in [6.45, 7) is 8.46. The highest BCUT2D eigenvalue weighted by atomic mass is 32.1. The van der Waals surface area contributed by atoms with Gasteiger partial charge < -0.3 is 9.88 Å². The molecule has 0 aliphatic rings. The zero-order valence-corrected chi connectivity index (χ0v) is 16.9. The van der Waals surface area contributed by atoms with Crippen LogP contribution in [0.15, 0.2) is 59.7 Å². The molecule has 1 heterocycles. The lowest BCUT2D eigenvalue weighted by Gasteiger charge is -2.11. The summed E-state index contributed by atoms with van der Waals surface area (Å²) in [4.78, 5) is 0. The smallest absolute Gasteiger partial charge is 0.191 e. The summed E-state index contributed by atoms with van der Waals surface area (Å²) in [5, 5.41) is 7.85. The van der Waals surface area contributed by atoms with E-state index in [1.165, 1.54) is 22.5 Å². The van der Waals surface area contributed by atoms with Crippen LogP contribution >= 0.6 is 12.2 Å². The lowest BCUT2D eigenvalue weighted by atomic mass is 10.1. The number of hydrazone groups is 1. The van der Waals surface area contributed by atoms with Gasteiger partial charge in [-0.1, -0.05) is 24.3 Å². The normalized spacial score (nSPS) is 11.0. The van der Waals surface area contributed by atoms with Crippen LogP contribution in [0.4, 0.5) is 5.69 Å². The average molecular weight is 377 g/mol. The highest BCUT2D eigenvalue weighted by Gasteiger charge is 2.10. The van der Waals surface area contributed by atoms with Crippen molar-refractivity contribution in [3.63, 3.8) is 0 Å². The number of aromatic nitrogens is 1. The van der Waals surface area contributed by atoms with E-state index in [0.29, 0.717) is 5.11 Å². The lowest BCUT2D eigenvalue weighted by molar-refractivity contribution is 0.959. The summed E-state index contributed by atoms with van der Waals surface area (Å²) in [6, 6.07) is 18.5. The van der Waals surface area contributed by atoms with Gasteiger partial charge in [0.2, 0.25) is 0 Å². The number of hydrogen-bond donors (Lipinski definition) is 2. The number of para-hydroxylation sites is 1. The van der Waals surface area contributed by atoms with Gasteiger partial charge in [0, 0.05) is 28.3 Å². The molecular weight excluding hydrogens is 352 g/mol. The molecule has 27 heavy (non-hydrogen) atoms. The second-order valence-corrected chi connectivity index (χ2v) is 7.11. The predicted molar refractivity (Wildman–Crippen MR) is 118 cm³/mol. The molecule has 2 N–H and O–H groups in total. The van der Waals surface area contributed by atoms with E-state index >= 15 is 0 Å². The van der Waals surface area contributed by atoms with Gasteiger partial charge in [-0.25, -0.2) is 0 Å². The highest BCUT2D eigenvalue weighted by Crippen LogP contribution is 2.21. The van der Waals surface area contributed by atoms with E-state index in [1.54, 1.807) is 6.21 Å². The van der Waals surface area contributed by atoms with Crippen LogP contribution < -0.4 is 10.7 Å². The molecule has 2 aromatic carbocycles. The third-order valence-corrected chi connectivity index (χ3v) is 4.53. The van der Waals surface area contributed by atoms with Crippen LogP contribution in [0.2, 0.25) is 0 Å². The molecule has 4 nitrogen and oxygen atoms in total. The summed E-state index contributed by atoms with van der Waals surface area (Å²) < 4.78 is 2.25. The molecular formula is C22H24N4S. The number of anilines is 1. The Morgan fingerprint density at radius 3 is 2.30 bits per heavy atom. The first kappa shape index (κ1) is 18.9. The Morgan fingerprint density at radius 1 is 0.963 bits per heavy atom. The van der Waals surface area contributed by atoms with Gasteiger partial charge in [0.05, 0.1) is 6.21 Å². The van der Waals surface area contributed by atoms with Crippen LogP contribution in [-0.4, -0.2) is 15.9 Å². The van der Waals surface area contributed by atoms with E-state index in [4.69, 9.17) is 12.2 Å². The first-order valence-corrected chi connectivity index (χ1v) is 9.27. The van der Waals surface area contributed by atoms with Crippen molar-refractivity contribution in [2.45, 2.75) is 27.7 Å². The molecule has 0 saturated heterocycles. The van der Waals surface area contributed by atoms with Crippen molar-refractivity contribution >= 4 is 29.2 Å². The zero-order chi connectivity index (χ0) is 19.4. The van der Waals surface area contributed by atoms with Crippen LogP contribution in [0.25, 0.3) is 5.69 Å². The summed E-state index contributed by atoms with van der Waals surface area (Å²) in [5.74, 6) is 0. The predicted octanol–water partition coefficient (Wildman–Crippen LogP) is 5.03. The Morgan fingerprint density at radius 2 is 1.63 bits per heavy atom. The molecule has 3 rings (SSSR count). The first-order chi connectivity index (χ1) is 12.9. The van der Waals surface area contributed by atoms with E-state index < -0.39 is 0 Å². The molecule has 0 radical (unpaired) electrons. The van der Waals surface area contributed by atoms with Gasteiger partial charge in [0.25, 0.3) is 0 Å².